The summed E-state index contributed by atoms with van der Waals surface area (Å²) in [7, 11) is -3.45. The van der Waals surface area contributed by atoms with Crippen LogP contribution >= 0.6 is 0 Å². The molecule has 0 atom stereocenters. The molecule has 0 aromatic heterocycles. The first kappa shape index (κ1) is 17.1. The van der Waals surface area contributed by atoms with Gasteiger partial charge in [-0.25, -0.2) is 13.1 Å². The van der Waals surface area contributed by atoms with Crippen LogP contribution in [0, 0.1) is 34.6 Å². The molecule has 1 aromatic carbocycles. The summed E-state index contributed by atoms with van der Waals surface area (Å²) in [6.45, 7) is 10.8. The lowest BCUT2D eigenvalue weighted by atomic mass is 9.95. The van der Waals surface area contributed by atoms with Gasteiger partial charge in [-0.2, -0.15) is 0 Å². The molecule has 0 aliphatic carbocycles. The summed E-state index contributed by atoms with van der Waals surface area (Å²) in [6, 6.07) is 0. The van der Waals surface area contributed by atoms with Crippen LogP contribution in [0.1, 0.15) is 40.7 Å². The number of hydrogen-bond acceptors (Lipinski definition) is 3. The Labute approximate surface area is 122 Å². The van der Waals surface area contributed by atoms with E-state index < -0.39 is 10.0 Å². The van der Waals surface area contributed by atoms with Crippen LogP contribution in [-0.4, -0.2) is 21.5 Å². The third kappa shape index (κ3) is 3.40. The van der Waals surface area contributed by atoms with Crippen molar-refractivity contribution in [2.75, 3.05) is 13.1 Å². The van der Waals surface area contributed by atoms with Gasteiger partial charge in [0, 0.05) is 6.54 Å². The molecule has 1 aromatic rings. The van der Waals surface area contributed by atoms with Crippen molar-refractivity contribution in [2.24, 2.45) is 5.73 Å². The van der Waals surface area contributed by atoms with Crippen LogP contribution in [0.4, 0.5) is 0 Å². The van der Waals surface area contributed by atoms with Crippen molar-refractivity contribution >= 4 is 10.0 Å². The van der Waals surface area contributed by atoms with E-state index in [1.54, 1.807) is 0 Å². The highest BCUT2D eigenvalue weighted by molar-refractivity contribution is 7.89. The largest absolute Gasteiger partial charge is 0.330 e. The third-order valence-electron chi connectivity index (χ3n) is 4.12. The van der Waals surface area contributed by atoms with Gasteiger partial charge in [0.1, 0.15) is 0 Å². The molecule has 20 heavy (non-hydrogen) atoms. The standard InChI is InChI=1S/C15H26N2O2S/c1-10-11(2)13(4)15(14(5)12(10)3)20(18,19)17-9-7-6-8-16/h17H,6-9,16H2,1-5H3. The molecule has 0 amide bonds. The van der Waals surface area contributed by atoms with E-state index in [1.165, 1.54) is 5.56 Å². The second kappa shape index (κ2) is 6.70. The Morgan fingerprint density at radius 3 is 1.75 bits per heavy atom. The van der Waals surface area contributed by atoms with E-state index >= 15 is 0 Å². The number of benzene rings is 1. The molecular formula is C15H26N2O2S. The minimum absolute atomic E-state index is 0.435. The molecule has 0 aliphatic heterocycles. The summed E-state index contributed by atoms with van der Waals surface area (Å²) in [5.74, 6) is 0. The van der Waals surface area contributed by atoms with Crippen LogP contribution in [0.15, 0.2) is 4.90 Å². The van der Waals surface area contributed by atoms with Crippen molar-refractivity contribution < 1.29 is 8.42 Å². The van der Waals surface area contributed by atoms with Gasteiger partial charge in [-0.05, 0) is 81.8 Å². The van der Waals surface area contributed by atoms with Crippen molar-refractivity contribution in [1.29, 1.82) is 0 Å². The Morgan fingerprint density at radius 1 is 0.850 bits per heavy atom. The number of nitrogens with two attached hydrogens (primary N) is 1. The fraction of sp³-hybridized carbons (Fsp3) is 0.600. The number of sulfonamides is 1. The maximum absolute atomic E-state index is 12.5. The van der Waals surface area contributed by atoms with Crippen LogP contribution in [0.25, 0.3) is 0 Å². The minimum Gasteiger partial charge on any atom is -0.330 e. The Morgan fingerprint density at radius 2 is 1.30 bits per heavy atom. The molecule has 0 unspecified atom stereocenters. The first-order chi connectivity index (χ1) is 9.24. The fourth-order valence-electron chi connectivity index (χ4n) is 2.42. The van der Waals surface area contributed by atoms with Crippen LogP contribution in [-0.2, 0) is 10.0 Å². The van der Waals surface area contributed by atoms with Gasteiger partial charge in [0.15, 0.2) is 0 Å². The average molecular weight is 298 g/mol. The third-order valence-corrected chi connectivity index (χ3v) is 5.86. The summed E-state index contributed by atoms with van der Waals surface area (Å²) in [5, 5.41) is 0. The molecule has 114 valence electrons. The van der Waals surface area contributed by atoms with Gasteiger partial charge < -0.3 is 5.73 Å². The minimum atomic E-state index is -3.45. The molecule has 0 bridgehead atoms. The lowest BCUT2D eigenvalue weighted by Gasteiger charge is -2.19. The normalized spacial score (nSPS) is 11.9. The van der Waals surface area contributed by atoms with Crippen LogP contribution < -0.4 is 10.5 Å². The van der Waals surface area contributed by atoms with E-state index in [4.69, 9.17) is 5.73 Å². The molecule has 5 heteroatoms. The van der Waals surface area contributed by atoms with E-state index in [-0.39, 0.29) is 0 Å². The molecular weight excluding hydrogens is 272 g/mol. The van der Waals surface area contributed by atoms with Crippen molar-refractivity contribution in [3.05, 3.63) is 27.8 Å². The van der Waals surface area contributed by atoms with Crippen molar-refractivity contribution in [1.82, 2.24) is 4.72 Å². The fourth-order valence-corrected chi connectivity index (χ4v) is 4.09. The molecule has 3 N–H and O–H groups in total. The number of rotatable bonds is 6. The van der Waals surface area contributed by atoms with E-state index in [1.807, 2.05) is 34.6 Å². The first-order valence-electron chi connectivity index (χ1n) is 7.00. The van der Waals surface area contributed by atoms with Crippen LogP contribution in [0.5, 0.6) is 0 Å². The zero-order chi connectivity index (χ0) is 15.5. The summed E-state index contributed by atoms with van der Waals surface area (Å²) in [4.78, 5) is 0.436. The highest BCUT2D eigenvalue weighted by Crippen LogP contribution is 2.29. The molecule has 0 fully saturated rings. The van der Waals surface area contributed by atoms with E-state index in [2.05, 4.69) is 4.72 Å². The van der Waals surface area contributed by atoms with Crippen LogP contribution in [0.3, 0.4) is 0 Å². The van der Waals surface area contributed by atoms with Gasteiger partial charge >= 0.3 is 0 Å². The number of hydrogen-bond donors (Lipinski definition) is 2. The summed E-state index contributed by atoms with van der Waals surface area (Å²) < 4.78 is 27.7. The summed E-state index contributed by atoms with van der Waals surface area (Å²) >= 11 is 0. The predicted octanol–water partition coefficient (Wildman–Crippen LogP) is 2.25. The van der Waals surface area contributed by atoms with Crippen molar-refractivity contribution in [3.8, 4) is 0 Å². The maximum Gasteiger partial charge on any atom is 0.241 e. The van der Waals surface area contributed by atoms with Gasteiger partial charge in [-0.1, -0.05) is 0 Å². The maximum atomic E-state index is 12.5. The number of nitrogens with one attached hydrogen (secondary N) is 1. The predicted molar refractivity (Wildman–Crippen MR) is 83.6 cm³/mol. The molecule has 0 heterocycles. The topological polar surface area (TPSA) is 72.2 Å². The van der Waals surface area contributed by atoms with Gasteiger partial charge in [-0.15, -0.1) is 0 Å². The van der Waals surface area contributed by atoms with E-state index in [0.29, 0.717) is 18.0 Å². The molecule has 0 saturated heterocycles. The second-order valence-electron chi connectivity index (χ2n) is 5.35. The van der Waals surface area contributed by atoms with Gasteiger partial charge in [0.2, 0.25) is 10.0 Å². The van der Waals surface area contributed by atoms with E-state index in [0.717, 1.165) is 35.1 Å². The monoisotopic (exact) mass is 298 g/mol. The van der Waals surface area contributed by atoms with Gasteiger partial charge in [0.25, 0.3) is 0 Å². The zero-order valence-corrected chi connectivity index (χ0v) is 13.9. The highest BCUT2D eigenvalue weighted by atomic mass is 32.2. The number of unbranched alkanes of at least 4 members (excludes halogenated alkanes) is 1. The lowest BCUT2D eigenvalue weighted by Crippen LogP contribution is -2.27. The van der Waals surface area contributed by atoms with Gasteiger partial charge in [-0.3, -0.25) is 0 Å². The smallest absolute Gasteiger partial charge is 0.241 e. The zero-order valence-electron chi connectivity index (χ0n) is 13.1. The Bertz CT molecular complexity index is 563. The van der Waals surface area contributed by atoms with Crippen molar-refractivity contribution in [3.63, 3.8) is 0 Å². The highest BCUT2D eigenvalue weighted by Gasteiger charge is 2.22. The molecule has 0 aliphatic rings. The molecule has 0 saturated carbocycles. The van der Waals surface area contributed by atoms with Crippen LogP contribution in [0.2, 0.25) is 0 Å². The Balaban J connectivity index is 3.19. The van der Waals surface area contributed by atoms with Crippen molar-refractivity contribution in [2.45, 2.75) is 52.4 Å². The Hall–Kier alpha value is -0.910. The molecule has 0 spiro atoms. The van der Waals surface area contributed by atoms with E-state index in [9.17, 15) is 8.42 Å². The second-order valence-corrected chi connectivity index (χ2v) is 7.05. The first-order valence-corrected chi connectivity index (χ1v) is 8.49. The lowest BCUT2D eigenvalue weighted by molar-refractivity contribution is 0.575. The summed E-state index contributed by atoms with van der Waals surface area (Å²) in [6.07, 6.45) is 1.59. The molecule has 1 rings (SSSR count). The average Bonchev–Trinajstić information content (AvgIpc) is 2.39. The molecule has 4 nitrogen and oxygen atoms in total. The SMILES string of the molecule is Cc1c(C)c(C)c(S(=O)(=O)NCCCCN)c(C)c1C. The summed E-state index contributed by atoms with van der Waals surface area (Å²) in [5.41, 5.74) is 10.4. The quantitative estimate of drug-likeness (QED) is 0.791. The Kier molecular flexibility index (Phi) is 5.74. The molecule has 0 radical (unpaired) electrons. The van der Waals surface area contributed by atoms with Gasteiger partial charge in [0.05, 0.1) is 4.90 Å².